The first-order chi connectivity index (χ1) is 11.2. The number of hydrogen-bond donors (Lipinski definition) is 2. The van der Waals surface area contributed by atoms with Crippen LogP contribution in [0.25, 0.3) is 0 Å². The average Bonchev–Trinajstić information content (AvgIpc) is 2.52. The van der Waals surface area contributed by atoms with Crippen molar-refractivity contribution in [1.29, 1.82) is 0 Å². The van der Waals surface area contributed by atoms with E-state index in [9.17, 15) is 13.2 Å². The van der Waals surface area contributed by atoms with Crippen molar-refractivity contribution in [2.24, 2.45) is 11.1 Å². The fourth-order valence-electron chi connectivity index (χ4n) is 3.10. The lowest BCUT2D eigenvalue weighted by Gasteiger charge is -2.35. The molecule has 1 aromatic carbocycles. The molecule has 24 heavy (non-hydrogen) atoms. The van der Waals surface area contributed by atoms with Gasteiger partial charge in [-0.1, -0.05) is 13.0 Å². The van der Waals surface area contributed by atoms with E-state index in [1.807, 2.05) is 0 Å². The van der Waals surface area contributed by atoms with Gasteiger partial charge in [-0.2, -0.15) is 0 Å². The predicted molar refractivity (Wildman–Crippen MR) is 94.3 cm³/mol. The van der Waals surface area contributed by atoms with Crippen molar-refractivity contribution in [3.05, 3.63) is 29.3 Å². The number of piperidine rings is 1. The topological polar surface area (TPSA) is 92.5 Å². The van der Waals surface area contributed by atoms with Gasteiger partial charge in [-0.15, -0.1) is 0 Å². The standard InChI is InChI=1S/C17H27N3O3S/c1-12-7-9-20(10-8-12)13(2)11-19-17(21)15-5-4-6-16(14(15)3)24(18,22)23/h4-6,12-13H,7-11H2,1-3H3,(H,19,21)(H2,18,22,23)/t13-/m1/s1. The van der Waals surface area contributed by atoms with E-state index in [0.717, 1.165) is 19.0 Å². The number of primary sulfonamides is 1. The second-order valence-corrected chi connectivity index (χ2v) is 8.28. The number of rotatable bonds is 5. The quantitative estimate of drug-likeness (QED) is 0.839. The number of carbonyl (C=O) groups is 1. The van der Waals surface area contributed by atoms with E-state index in [1.165, 1.54) is 25.0 Å². The van der Waals surface area contributed by atoms with Crippen LogP contribution in [-0.4, -0.2) is 44.9 Å². The van der Waals surface area contributed by atoms with Crippen molar-refractivity contribution in [2.45, 2.75) is 44.6 Å². The Morgan fingerprint density at radius 3 is 2.58 bits per heavy atom. The summed E-state index contributed by atoms with van der Waals surface area (Å²) in [5, 5.41) is 8.10. The van der Waals surface area contributed by atoms with E-state index in [2.05, 4.69) is 24.1 Å². The van der Waals surface area contributed by atoms with E-state index in [4.69, 9.17) is 5.14 Å². The molecule has 0 radical (unpaired) electrons. The fraction of sp³-hybridized carbons (Fsp3) is 0.588. The Morgan fingerprint density at radius 2 is 2.00 bits per heavy atom. The van der Waals surface area contributed by atoms with Gasteiger partial charge in [0.1, 0.15) is 0 Å². The Balaban J connectivity index is 2.00. The molecule has 1 atom stereocenters. The maximum absolute atomic E-state index is 12.4. The minimum absolute atomic E-state index is 0.00628. The molecule has 6 nitrogen and oxygen atoms in total. The van der Waals surface area contributed by atoms with Gasteiger partial charge in [-0.3, -0.25) is 9.69 Å². The minimum atomic E-state index is -3.83. The Morgan fingerprint density at radius 1 is 1.38 bits per heavy atom. The van der Waals surface area contributed by atoms with Gasteiger partial charge in [0.25, 0.3) is 5.91 Å². The molecule has 0 aromatic heterocycles. The molecule has 1 fully saturated rings. The summed E-state index contributed by atoms with van der Waals surface area (Å²) in [6, 6.07) is 4.83. The molecular weight excluding hydrogens is 326 g/mol. The molecule has 1 aliphatic heterocycles. The number of nitrogens with zero attached hydrogens (tertiary/aromatic N) is 1. The molecule has 1 amide bonds. The van der Waals surface area contributed by atoms with E-state index < -0.39 is 10.0 Å². The van der Waals surface area contributed by atoms with Crippen molar-refractivity contribution in [1.82, 2.24) is 10.2 Å². The van der Waals surface area contributed by atoms with E-state index >= 15 is 0 Å². The highest BCUT2D eigenvalue weighted by molar-refractivity contribution is 7.89. The average molecular weight is 353 g/mol. The predicted octanol–water partition coefficient (Wildman–Crippen LogP) is 1.49. The van der Waals surface area contributed by atoms with Crippen LogP contribution in [0, 0.1) is 12.8 Å². The van der Waals surface area contributed by atoms with Crippen molar-refractivity contribution in [3.8, 4) is 0 Å². The number of nitrogens with one attached hydrogen (secondary N) is 1. The molecule has 1 saturated heterocycles. The third-order valence-electron chi connectivity index (χ3n) is 4.83. The van der Waals surface area contributed by atoms with Crippen molar-refractivity contribution >= 4 is 15.9 Å². The summed E-state index contributed by atoms with van der Waals surface area (Å²) in [4.78, 5) is 14.8. The van der Waals surface area contributed by atoms with Crippen LogP contribution >= 0.6 is 0 Å². The first-order valence-electron chi connectivity index (χ1n) is 8.34. The highest BCUT2D eigenvalue weighted by Crippen LogP contribution is 2.19. The number of nitrogens with two attached hydrogens (primary N) is 1. The Hall–Kier alpha value is -1.44. The minimum Gasteiger partial charge on any atom is -0.350 e. The lowest BCUT2D eigenvalue weighted by atomic mass is 9.98. The van der Waals surface area contributed by atoms with Crippen LogP contribution in [0.15, 0.2) is 23.1 Å². The summed E-state index contributed by atoms with van der Waals surface area (Å²) >= 11 is 0. The van der Waals surface area contributed by atoms with E-state index in [-0.39, 0.29) is 16.8 Å². The summed E-state index contributed by atoms with van der Waals surface area (Å²) in [6.45, 7) is 8.61. The first-order valence-corrected chi connectivity index (χ1v) is 9.89. The Bertz CT molecular complexity index is 695. The first kappa shape index (κ1) is 18.9. The second-order valence-electron chi connectivity index (χ2n) is 6.75. The zero-order valence-corrected chi connectivity index (χ0v) is 15.4. The van der Waals surface area contributed by atoms with E-state index in [1.54, 1.807) is 13.0 Å². The molecule has 0 saturated carbocycles. The molecule has 0 aliphatic carbocycles. The van der Waals surface area contributed by atoms with Crippen LogP contribution in [-0.2, 0) is 10.0 Å². The molecule has 7 heteroatoms. The van der Waals surface area contributed by atoms with Crippen molar-refractivity contribution in [3.63, 3.8) is 0 Å². The van der Waals surface area contributed by atoms with Crippen LogP contribution < -0.4 is 10.5 Å². The van der Waals surface area contributed by atoms with Gasteiger partial charge in [-0.05, 0) is 63.4 Å². The maximum atomic E-state index is 12.4. The van der Waals surface area contributed by atoms with Crippen LogP contribution in [0.3, 0.4) is 0 Å². The SMILES string of the molecule is Cc1c(C(=O)NC[C@@H](C)N2CCC(C)CC2)cccc1S(N)(=O)=O. The largest absolute Gasteiger partial charge is 0.350 e. The lowest BCUT2D eigenvalue weighted by Crippen LogP contribution is -2.45. The summed E-state index contributed by atoms with van der Waals surface area (Å²) in [6.07, 6.45) is 2.38. The normalized spacial score (nSPS) is 18.3. The fourth-order valence-corrected chi connectivity index (χ4v) is 3.91. The molecule has 3 N–H and O–H groups in total. The molecular formula is C17H27N3O3S. The number of hydrogen-bond acceptors (Lipinski definition) is 4. The summed E-state index contributed by atoms with van der Waals surface area (Å²) < 4.78 is 23.1. The number of carbonyl (C=O) groups excluding carboxylic acids is 1. The zero-order chi connectivity index (χ0) is 17.9. The third kappa shape index (κ3) is 4.55. The Labute approximate surface area is 144 Å². The van der Waals surface area contributed by atoms with Gasteiger partial charge in [0.2, 0.25) is 10.0 Å². The number of likely N-dealkylation sites (tertiary alicyclic amines) is 1. The highest BCUT2D eigenvalue weighted by atomic mass is 32.2. The number of sulfonamides is 1. The van der Waals surface area contributed by atoms with E-state index in [0.29, 0.717) is 17.7 Å². The molecule has 2 rings (SSSR count). The molecule has 0 bridgehead atoms. The monoisotopic (exact) mass is 353 g/mol. The van der Waals surface area contributed by atoms with Crippen LogP contribution in [0.4, 0.5) is 0 Å². The van der Waals surface area contributed by atoms with Crippen LogP contribution in [0.2, 0.25) is 0 Å². The lowest BCUT2D eigenvalue weighted by molar-refractivity contribution is 0.0921. The number of benzene rings is 1. The smallest absolute Gasteiger partial charge is 0.251 e. The third-order valence-corrected chi connectivity index (χ3v) is 5.89. The summed E-state index contributed by atoms with van der Waals surface area (Å²) in [7, 11) is -3.83. The molecule has 0 unspecified atom stereocenters. The van der Waals surface area contributed by atoms with Crippen molar-refractivity contribution < 1.29 is 13.2 Å². The van der Waals surface area contributed by atoms with Gasteiger partial charge in [-0.25, -0.2) is 13.6 Å². The Kier molecular flexibility index (Phi) is 6.01. The molecule has 1 aliphatic rings. The van der Waals surface area contributed by atoms with Crippen LogP contribution in [0.1, 0.15) is 42.6 Å². The highest BCUT2D eigenvalue weighted by Gasteiger charge is 2.22. The molecule has 1 heterocycles. The van der Waals surface area contributed by atoms with Gasteiger partial charge < -0.3 is 5.32 Å². The van der Waals surface area contributed by atoms with Gasteiger partial charge in [0.05, 0.1) is 4.90 Å². The zero-order valence-electron chi connectivity index (χ0n) is 14.6. The van der Waals surface area contributed by atoms with Gasteiger partial charge in [0.15, 0.2) is 0 Å². The van der Waals surface area contributed by atoms with Crippen LogP contribution in [0.5, 0.6) is 0 Å². The molecule has 134 valence electrons. The van der Waals surface area contributed by atoms with Gasteiger partial charge >= 0.3 is 0 Å². The molecule has 0 spiro atoms. The summed E-state index contributed by atoms with van der Waals surface area (Å²) in [5.74, 6) is 0.502. The second kappa shape index (κ2) is 7.63. The summed E-state index contributed by atoms with van der Waals surface area (Å²) in [5.41, 5.74) is 0.734. The number of amides is 1. The molecule has 1 aromatic rings. The van der Waals surface area contributed by atoms with Crippen molar-refractivity contribution in [2.75, 3.05) is 19.6 Å². The van der Waals surface area contributed by atoms with Gasteiger partial charge in [0, 0.05) is 18.2 Å². The maximum Gasteiger partial charge on any atom is 0.251 e.